The minimum atomic E-state index is -0.752. The van der Waals surface area contributed by atoms with Crippen LogP contribution in [0.5, 0.6) is 0 Å². The maximum absolute atomic E-state index is 12.4. The minimum absolute atomic E-state index is 0.0655. The van der Waals surface area contributed by atoms with E-state index in [2.05, 4.69) is 0 Å². The van der Waals surface area contributed by atoms with Gasteiger partial charge >= 0.3 is 11.0 Å². The standard InChI is InChI=1S/C17H20N2O6S/c1-10-7-13(12(3)18(10)11(2)8-24-4)14(20)9-25-17(21)15-5-6-16(26-15)19(22)23/h5-7,11H,8-9H2,1-4H3/t11-/m0/s1. The molecule has 2 heterocycles. The molecule has 0 aliphatic carbocycles. The first kappa shape index (κ1) is 19.8. The summed E-state index contributed by atoms with van der Waals surface area (Å²) in [5.41, 5.74) is 2.17. The van der Waals surface area contributed by atoms with Gasteiger partial charge in [0, 0.05) is 30.1 Å². The van der Waals surface area contributed by atoms with Crippen LogP contribution in [0, 0.1) is 24.0 Å². The smallest absolute Gasteiger partial charge is 0.349 e. The number of ether oxygens (including phenoxy) is 2. The predicted octanol–water partition coefficient (Wildman–Crippen LogP) is 3.32. The number of rotatable bonds is 8. The van der Waals surface area contributed by atoms with Gasteiger partial charge in [0.25, 0.3) is 0 Å². The van der Waals surface area contributed by atoms with Gasteiger partial charge in [-0.3, -0.25) is 14.9 Å². The van der Waals surface area contributed by atoms with E-state index in [9.17, 15) is 19.7 Å². The van der Waals surface area contributed by atoms with Crippen LogP contribution in [0.3, 0.4) is 0 Å². The third-order valence-corrected chi connectivity index (χ3v) is 4.96. The highest BCUT2D eigenvalue weighted by Crippen LogP contribution is 2.25. The molecule has 1 atom stereocenters. The molecule has 9 heteroatoms. The van der Waals surface area contributed by atoms with E-state index in [1.165, 1.54) is 12.1 Å². The van der Waals surface area contributed by atoms with Crippen molar-refractivity contribution >= 4 is 28.1 Å². The lowest BCUT2D eigenvalue weighted by molar-refractivity contribution is -0.380. The summed E-state index contributed by atoms with van der Waals surface area (Å²) in [6, 6.07) is 4.37. The third kappa shape index (κ3) is 4.17. The van der Waals surface area contributed by atoms with Crippen LogP contribution >= 0.6 is 11.3 Å². The zero-order chi connectivity index (χ0) is 19.4. The second-order valence-corrected chi connectivity index (χ2v) is 6.92. The Morgan fingerprint density at radius 1 is 1.35 bits per heavy atom. The van der Waals surface area contributed by atoms with Gasteiger partial charge in [-0.25, -0.2) is 4.79 Å². The number of thiophene rings is 1. The van der Waals surface area contributed by atoms with Crippen LogP contribution in [-0.2, 0) is 9.47 Å². The van der Waals surface area contributed by atoms with E-state index >= 15 is 0 Å². The molecule has 0 aliphatic heterocycles. The van der Waals surface area contributed by atoms with Crippen LogP contribution < -0.4 is 0 Å². The largest absolute Gasteiger partial charge is 0.453 e. The van der Waals surface area contributed by atoms with Gasteiger partial charge in [0.05, 0.1) is 17.6 Å². The predicted molar refractivity (Wildman–Crippen MR) is 96.1 cm³/mol. The van der Waals surface area contributed by atoms with Crippen molar-refractivity contribution in [3.63, 3.8) is 0 Å². The van der Waals surface area contributed by atoms with Crippen LogP contribution in [0.15, 0.2) is 18.2 Å². The van der Waals surface area contributed by atoms with Gasteiger partial charge in [-0.15, -0.1) is 0 Å². The van der Waals surface area contributed by atoms with Gasteiger partial charge in [-0.2, -0.15) is 0 Å². The summed E-state index contributed by atoms with van der Waals surface area (Å²) in [5.74, 6) is -1.08. The molecule has 2 rings (SSSR count). The average Bonchev–Trinajstić information content (AvgIpc) is 3.18. The summed E-state index contributed by atoms with van der Waals surface area (Å²) in [6.07, 6.45) is 0. The number of methoxy groups -OCH3 is 1. The summed E-state index contributed by atoms with van der Waals surface area (Å²) in [7, 11) is 1.62. The first-order valence-electron chi connectivity index (χ1n) is 7.88. The number of carbonyl (C=O) groups excluding carboxylic acids is 2. The van der Waals surface area contributed by atoms with Gasteiger partial charge in [0.1, 0.15) is 4.88 Å². The highest BCUT2D eigenvalue weighted by Gasteiger charge is 2.21. The molecular formula is C17H20N2O6S. The zero-order valence-corrected chi connectivity index (χ0v) is 15.8. The number of esters is 1. The molecule has 0 saturated heterocycles. The normalized spacial score (nSPS) is 12.0. The molecule has 26 heavy (non-hydrogen) atoms. The van der Waals surface area contributed by atoms with Gasteiger partial charge in [0.2, 0.25) is 5.78 Å². The molecule has 0 fully saturated rings. The molecule has 0 spiro atoms. The van der Waals surface area contributed by atoms with Crippen molar-refractivity contribution in [2.45, 2.75) is 26.8 Å². The van der Waals surface area contributed by atoms with Crippen LogP contribution in [0.1, 0.15) is 44.4 Å². The Morgan fingerprint density at radius 3 is 2.62 bits per heavy atom. The van der Waals surface area contributed by atoms with Crippen molar-refractivity contribution < 1.29 is 24.0 Å². The van der Waals surface area contributed by atoms with Gasteiger partial charge < -0.3 is 14.0 Å². The Balaban J connectivity index is 2.07. The van der Waals surface area contributed by atoms with Crippen molar-refractivity contribution in [3.8, 4) is 0 Å². The lowest BCUT2D eigenvalue weighted by atomic mass is 10.1. The molecule has 2 aromatic rings. The van der Waals surface area contributed by atoms with E-state index in [4.69, 9.17) is 9.47 Å². The Bertz CT molecular complexity index is 838. The van der Waals surface area contributed by atoms with Crippen LogP contribution in [-0.4, -0.2) is 41.6 Å². The van der Waals surface area contributed by atoms with Gasteiger partial charge in [-0.1, -0.05) is 11.3 Å². The van der Waals surface area contributed by atoms with Crippen LogP contribution in [0.4, 0.5) is 5.00 Å². The molecule has 0 unspecified atom stereocenters. The molecule has 0 aromatic carbocycles. The first-order chi connectivity index (χ1) is 12.3. The third-order valence-electron chi connectivity index (χ3n) is 3.94. The molecule has 0 saturated carbocycles. The molecule has 8 nitrogen and oxygen atoms in total. The minimum Gasteiger partial charge on any atom is -0.453 e. The molecule has 140 valence electrons. The Morgan fingerprint density at radius 2 is 2.04 bits per heavy atom. The van der Waals surface area contributed by atoms with Crippen molar-refractivity contribution in [1.29, 1.82) is 0 Å². The summed E-state index contributed by atoms with van der Waals surface area (Å²) in [6.45, 7) is 5.80. The second-order valence-electron chi connectivity index (χ2n) is 5.85. The Hall–Kier alpha value is -2.52. The number of aryl methyl sites for hydroxylation is 1. The van der Waals surface area contributed by atoms with Crippen molar-refractivity contribution in [1.82, 2.24) is 4.57 Å². The number of carbonyl (C=O) groups is 2. The van der Waals surface area contributed by atoms with Crippen molar-refractivity contribution in [2.24, 2.45) is 0 Å². The van der Waals surface area contributed by atoms with Crippen LogP contribution in [0.25, 0.3) is 0 Å². The Kier molecular flexibility index (Phi) is 6.27. The summed E-state index contributed by atoms with van der Waals surface area (Å²) in [4.78, 5) is 34.6. The molecule has 0 radical (unpaired) electrons. The number of nitro groups is 1. The highest BCUT2D eigenvalue weighted by molar-refractivity contribution is 7.17. The van der Waals surface area contributed by atoms with E-state index in [0.717, 1.165) is 11.4 Å². The second kappa shape index (κ2) is 8.24. The number of hydrogen-bond acceptors (Lipinski definition) is 7. The summed E-state index contributed by atoms with van der Waals surface area (Å²) < 4.78 is 12.2. The first-order valence-corrected chi connectivity index (χ1v) is 8.69. The van der Waals surface area contributed by atoms with E-state index in [-0.39, 0.29) is 21.7 Å². The van der Waals surface area contributed by atoms with E-state index in [1.807, 2.05) is 25.3 Å². The molecule has 0 bridgehead atoms. The van der Waals surface area contributed by atoms with E-state index < -0.39 is 17.5 Å². The van der Waals surface area contributed by atoms with Gasteiger partial charge in [0.15, 0.2) is 6.61 Å². The molecular weight excluding hydrogens is 360 g/mol. The molecule has 0 N–H and O–H groups in total. The Labute approximate surface area is 154 Å². The maximum atomic E-state index is 12.4. The van der Waals surface area contributed by atoms with Crippen LogP contribution in [0.2, 0.25) is 0 Å². The summed E-state index contributed by atoms with van der Waals surface area (Å²) in [5, 5.41) is 10.5. The lowest BCUT2D eigenvalue weighted by Crippen LogP contribution is -2.16. The quantitative estimate of drug-likeness (QED) is 0.301. The number of ketones is 1. The number of nitrogens with zero attached hydrogens (tertiary/aromatic N) is 2. The SMILES string of the molecule is COC[C@H](C)n1c(C)cc(C(=O)COC(=O)c2ccc([N+](=O)[O-])s2)c1C. The number of Topliss-reactive ketones (excluding diaryl/α,β-unsaturated/α-hetero) is 1. The fraction of sp³-hybridized carbons (Fsp3) is 0.412. The lowest BCUT2D eigenvalue weighted by Gasteiger charge is -2.17. The highest BCUT2D eigenvalue weighted by atomic mass is 32.1. The van der Waals surface area contributed by atoms with Crippen molar-refractivity contribution in [2.75, 3.05) is 20.3 Å². The zero-order valence-electron chi connectivity index (χ0n) is 15.0. The van der Waals surface area contributed by atoms with Crippen molar-refractivity contribution in [3.05, 3.63) is 50.1 Å². The van der Waals surface area contributed by atoms with E-state index in [0.29, 0.717) is 23.5 Å². The number of aromatic nitrogens is 1. The average molecular weight is 380 g/mol. The maximum Gasteiger partial charge on any atom is 0.349 e. The molecule has 0 aliphatic rings. The number of hydrogen-bond donors (Lipinski definition) is 0. The topological polar surface area (TPSA) is 101 Å². The molecule has 0 amide bonds. The van der Waals surface area contributed by atoms with Gasteiger partial charge in [-0.05, 0) is 32.9 Å². The fourth-order valence-corrected chi connectivity index (χ4v) is 3.58. The fourth-order valence-electron chi connectivity index (χ4n) is 2.87. The molecule has 2 aromatic heterocycles. The van der Waals surface area contributed by atoms with E-state index in [1.54, 1.807) is 13.2 Å². The monoisotopic (exact) mass is 380 g/mol. The summed E-state index contributed by atoms with van der Waals surface area (Å²) >= 11 is 0.713.